The predicted octanol–water partition coefficient (Wildman–Crippen LogP) is 2.21. The number of hydrogen-bond donors (Lipinski definition) is 1. The average molecular weight is 479 g/mol. The van der Waals surface area contributed by atoms with Gasteiger partial charge in [0.15, 0.2) is 0 Å². The number of amides is 1. The molecule has 0 aromatic heterocycles. The number of hydrogen-bond acceptors (Lipinski definition) is 5. The van der Waals surface area contributed by atoms with Crippen molar-refractivity contribution in [3.63, 3.8) is 0 Å². The molecule has 154 valence electrons. The van der Waals surface area contributed by atoms with Gasteiger partial charge in [0.1, 0.15) is 0 Å². The highest BCUT2D eigenvalue weighted by molar-refractivity contribution is 9.10. The molecule has 0 radical (unpaired) electrons. The van der Waals surface area contributed by atoms with Crippen molar-refractivity contribution in [2.45, 2.75) is 11.8 Å². The first-order valence-electron chi connectivity index (χ1n) is 9.21. The number of halogens is 1. The summed E-state index contributed by atoms with van der Waals surface area (Å²) < 4.78 is 27.9. The van der Waals surface area contributed by atoms with E-state index in [1.54, 1.807) is 30.5 Å². The molecule has 0 aliphatic carbocycles. The van der Waals surface area contributed by atoms with Gasteiger partial charge >= 0.3 is 0 Å². The van der Waals surface area contributed by atoms with Crippen molar-refractivity contribution in [2.24, 2.45) is 5.10 Å². The van der Waals surface area contributed by atoms with E-state index in [-0.39, 0.29) is 12.5 Å². The van der Waals surface area contributed by atoms with Crippen LogP contribution in [0.3, 0.4) is 0 Å². The van der Waals surface area contributed by atoms with Crippen LogP contribution in [0.4, 0.5) is 0 Å². The lowest BCUT2D eigenvalue weighted by Crippen LogP contribution is -2.50. The summed E-state index contributed by atoms with van der Waals surface area (Å²) in [4.78, 5) is 14.3. The fraction of sp³-hybridized carbons (Fsp3) is 0.300. The third-order valence-corrected chi connectivity index (χ3v) is 7.01. The third kappa shape index (κ3) is 5.96. The van der Waals surface area contributed by atoms with Crippen LogP contribution in [0.1, 0.15) is 11.1 Å². The topological polar surface area (TPSA) is 82.1 Å². The Bertz CT molecular complexity index is 985. The molecule has 2 aromatic carbocycles. The summed E-state index contributed by atoms with van der Waals surface area (Å²) in [6, 6.07) is 14.4. The number of hydrazone groups is 1. The molecule has 1 heterocycles. The molecule has 0 spiro atoms. The molecule has 1 aliphatic rings. The van der Waals surface area contributed by atoms with Gasteiger partial charge < -0.3 is 0 Å². The van der Waals surface area contributed by atoms with Crippen LogP contribution in [-0.2, 0) is 14.8 Å². The largest absolute Gasteiger partial charge is 0.292 e. The van der Waals surface area contributed by atoms with Crippen molar-refractivity contribution < 1.29 is 13.2 Å². The molecule has 0 unspecified atom stereocenters. The van der Waals surface area contributed by atoms with Crippen LogP contribution in [0.2, 0.25) is 0 Å². The zero-order valence-corrected chi connectivity index (χ0v) is 18.5. The SMILES string of the molecule is Cc1ccc(S(=O)(=O)N2CCN(CC(=O)N/N=C/c3cccc(Br)c3)CC2)cc1. The van der Waals surface area contributed by atoms with Crippen molar-refractivity contribution >= 4 is 38.1 Å². The lowest BCUT2D eigenvalue weighted by Gasteiger charge is -2.33. The lowest BCUT2D eigenvalue weighted by molar-refractivity contribution is -0.122. The highest BCUT2D eigenvalue weighted by atomic mass is 79.9. The van der Waals surface area contributed by atoms with Gasteiger partial charge in [-0.2, -0.15) is 9.41 Å². The first kappa shape index (κ1) is 21.6. The van der Waals surface area contributed by atoms with Crippen molar-refractivity contribution in [1.82, 2.24) is 14.6 Å². The second-order valence-electron chi connectivity index (χ2n) is 6.84. The van der Waals surface area contributed by atoms with E-state index >= 15 is 0 Å². The maximum Gasteiger partial charge on any atom is 0.254 e. The number of nitrogens with zero attached hydrogens (tertiary/aromatic N) is 3. The Balaban J connectivity index is 1.48. The van der Waals surface area contributed by atoms with E-state index in [4.69, 9.17) is 0 Å². The minimum Gasteiger partial charge on any atom is -0.292 e. The Morgan fingerprint density at radius 1 is 1.14 bits per heavy atom. The molecule has 1 saturated heterocycles. The predicted molar refractivity (Wildman–Crippen MR) is 116 cm³/mol. The zero-order chi connectivity index (χ0) is 20.9. The summed E-state index contributed by atoms with van der Waals surface area (Å²) in [5.74, 6) is -0.230. The highest BCUT2D eigenvalue weighted by Gasteiger charge is 2.28. The molecule has 29 heavy (non-hydrogen) atoms. The molecule has 1 N–H and O–H groups in total. The number of carbonyl (C=O) groups is 1. The Morgan fingerprint density at radius 3 is 2.48 bits per heavy atom. The van der Waals surface area contributed by atoms with Gasteiger partial charge in [0, 0.05) is 30.7 Å². The fourth-order valence-electron chi connectivity index (χ4n) is 2.99. The van der Waals surface area contributed by atoms with Gasteiger partial charge in [0.2, 0.25) is 10.0 Å². The summed E-state index contributed by atoms with van der Waals surface area (Å²) in [5, 5.41) is 3.97. The maximum absolute atomic E-state index is 12.7. The minimum absolute atomic E-state index is 0.175. The number of sulfonamides is 1. The van der Waals surface area contributed by atoms with E-state index in [9.17, 15) is 13.2 Å². The smallest absolute Gasteiger partial charge is 0.254 e. The zero-order valence-electron chi connectivity index (χ0n) is 16.1. The van der Waals surface area contributed by atoms with Crippen LogP contribution >= 0.6 is 15.9 Å². The number of piperazine rings is 1. The van der Waals surface area contributed by atoms with Gasteiger partial charge in [-0.1, -0.05) is 45.8 Å². The molecule has 0 saturated carbocycles. The average Bonchev–Trinajstić information content (AvgIpc) is 2.69. The van der Waals surface area contributed by atoms with Gasteiger partial charge in [-0.05, 0) is 36.8 Å². The van der Waals surface area contributed by atoms with Crippen LogP contribution in [0.15, 0.2) is 63.0 Å². The van der Waals surface area contributed by atoms with E-state index in [1.807, 2.05) is 36.1 Å². The van der Waals surface area contributed by atoms with E-state index in [2.05, 4.69) is 26.5 Å². The molecule has 2 aromatic rings. The van der Waals surface area contributed by atoms with Crippen LogP contribution in [0, 0.1) is 6.92 Å². The molecule has 0 atom stereocenters. The molecule has 7 nitrogen and oxygen atoms in total. The lowest BCUT2D eigenvalue weighted by atomic mass is 10.2. The van der Waals surface area contributed by atoms with Gasteiger partial charge in [0.05, 0.1) is 17.7 Å². The van der Waals surface area contributed by atoms with Crippen molar-refractivity contribution in [1.29, 1.82) is 0 Å². The number of nitrogens with one attached hydrogen (secondary N) is 1. The maximum atomic E-state index is 12.7. The van der Waals surface area contributed by atoms with E-state index < -0.39 is 10.0 Å². The number of rotatable bonds is 6. The van der Waals surface area contributed by atoms with Crippen molar-refractivity contribution in [3.8, 4) is 0 Å². The molecule has 1 aliphatic heterocycles. The standard InChI is InChI=1S/C20H23BrN4O3S/c1-16-5-7-19(8-6-16)29(27,28)25-11-9-24(10-12-25)15-20(26)23-22-14-17-3-2-4-18(21)13-17/h2-8,13-14H,9-12,15H2,1H3,(H,23,26)/b22-14+. The Labute approximate surface area is 179 Å². The summed E-state index contributed by atoms with van der Waals surface area (Å²) in [6.07, 6.45) is 1.58. The Hall–Kier alpha value is -2.07. The Kier molecular flexibility index (Phi) is 7.18. The van der Waals surface area contributed by atoms with Crippen LogP contribution in [0.5, 0.6) is 0 Å². The van der Waals surface area contributed by atoms with Crippen LogP contribution in [-0.4, -0.2) is 62.5 Å². The summed E-state index contributed by atoms with van der Waals surface area (Å²) in [6.45, 7) is 3.79. The molecule has 0 bridgehead atoms. The van der Waals surface area contributed by atoms with Gasteiger partial charge in [-0.15, -0.1) is 0 Å². The number of benzene rings is 2. The summed E-state index contributed by atoms with van der Waals surface area (Å²) >= 11 is 3.38. The van der Waals surface area contributed by atoms with Crippen molar-refractivity contribution in [3.05, 3.63) is 64.1 Å². The highest BCUT2D eigenvalue weighted by Crippen LogP contribution is 2.18. The molecule has 1 amide bonds. The first-order chi connectivity index (χ1) is 13.8. The summed E-state index contributed by atoms with van der Waals surface area (Å²) in [5.41, 5.74) is 4.40. The number of carbonyl (C=O) groups excluding carboxylic acids is 1. The third-order valence-electron chi connectivity index (χ3n) is 4.61. The minimum atomic E-state index is -3.50. The quantitative estimate of drug-likeness (QED) is 0.509. The second kappa shape index (κ2) is 9.62. The van der Waals surface area contributed by atoms with Gasteiger partial charge in [-0.3, -0.25) is 9.69 Å². The normalized spacial score (nSPS) is 16.2. The molecular weight excluding hydrogens is 456 g/mol. The molecule has 3 rings (SSSR count). The molecule has 1 fully saturated rings. The van der Waals surface area contributed by atoms with Crippen LogP contribution in [0.25, 0.3) is 0 Å². The molecule has 9 heteroatoms. The van der Waals surface area contributed by atoms with Crippen LogP contribution < -0.4 is 5.43 Å². The fourth-order valence-corrected chi connectivity index (χ4v) is 4.83. The second-order valence-corrected chi connectivity index (χ2v) is 9.70. The van der Waals surface area contributed by atoms with Gasteiger partial charge in [-0.25, -0.2) is 13.8 Å². The van der Waals surface area contributed by atoms with E-state index in [0.29, 0.717) is 31.1 Å². The van der Waals surface area contributed by atoms with E-state index in [0.717, 1.165) is 15.6 Å². The van der Waals surface area contributed by atoms with Crippen molar-refractivity contribution in [2.75, 3.05) is 32.7 Å². The van der Waals surface area contributed by atoms with Gasteiger partial charge in [0.25, 0.3) is 5.91 Å². The van der Waals surface area contributed by atoms with E-state index in [1.165, 1.54) is 4.31 Å². The number of aryl methyl sites for hydroxylation is 1. The monoisotopic (exact) mass is 478 g/mol. The first-order valence-corrected chi connectivity index (χ1v) is 11.4. The Morgan fingerprint density at radius 2 is 1.83 bits per heavy atom. The molecular formula is C20H23BrN4O3S. The summed E-state index contributed by atoms with van der Waals surface area (Å²) in [7, 11) is -3.50.